The predicted molar refractivity (Wildman–Crippen MR) is 71.5 cm³/mol. The van der Waals surface area contributed by atoms with Gasteiger partial charge in [0.05, 0.1) is 19.3 Å². The fraction of sp³-hybridized carbons (Fsp3) is 0.455. The summed E-state index contributed by atoms with van der Waals surface area (Å²) in [6, 6.07) is 8.21. The van der Waals surface area contributed by atoms with Crippen LogP contribution >= 0.6 is 38.5 Å². The lowest BCUT2D eigenvalue weighted by Gasteiger charge is -2.30. The van der Waals surface area contributed by atoms with E-state index in [1.807, 2.05) is 12.1 Å². The molecule has 1 aromatic carbocycles. The van der Waals surface area contributed by atoms with Crippen molar-refractivity contribution in [1.29, 1.82) is 0 Å². The van der Waals surface area contributed by atoms with Crippen molar-refractivity contribution in [3.8, 4) is 0 Å². The summed E-state index contributed by atoms with van der Waals surface area (Å²) < 4.78 is 13.1. The first-order valence-corrected chi connectivity index (χ1v) is 7.16. The fourth-order valence-corrected chi connectivity index (χ4v) is 2.68. The van der Waals surface area contributed by atoms with E-state index >= 15 is 0 Å². The average molecular weight is 383 g/mol. The highest BCUT2D eigenvalue weighted by atomic mass is 127. The Morgan fingerprint density at radius 3 is 2.73 bits per heavy atom. The molecule has 1 aliphatic heterocycles. The molecule has 1 aromatic rings. The van der Waals surface area contributed by atoms with Crippen LogP contribution < -0.4 is 0 Å². The minimum atomic E-state index is 0.162. The lowest BCUT2D eigenvalue weighted by atomic mass is 10.1. The van der Waals surface area contributed by atoms with E-state index in [0.29, 0.717) is 0 Å². The van der Waals surface area contributed by atoms with Crippen LogP contribution in [0.15, 0.2) is 28.7 Å². The molecule has 1 atom stereocenters. The minimum absolute atomic E-state index is 0.162. The molecule has 0 radical (unpaired) electrons. The van der Waals surface area contributed by atoms with Crippen LogP contribution in [0.2, 0.25) is 0 Å². The largest absolute Gasteiger partial charge is 0.376 e. The molecule has 1 aliphatic rings. The summed E-state index contributed by atoms with van der Waals surface area (Å²) in [5, 5.41) is 0. The average Bonchev–Trinajstić information content (AvgIpc) is 2.19. The molecule has 1 heterocycles. The number of alkyl halides is 1. The second-order valence-electron chi connectivity index (χ2n) is 3.46. The number of hydrogen-bond donors (Lipinski definition) is 0. The van der Waals surface area contributed by atoms with Gasteiger partial charge in [-0.2, -0.15) is 0 Å². The molecule has 1 fully saturated rings. The molecule has 4 heteroatoms. The number of benzene rings is 1. The Morgan fingerprint density at radius 1 is 1.47 bits per heavy atom. The highest BCUT2D eigenvalue weighted by Crippen LogP contribution is 2.29. The van der Waals surface area contributed by atoms with Crippen LogP contribution in [0.4, 0.5) is 0 Å². The van der Waals surface area contributed by atoms with Crippen molar-refractivity contribution >= 4 is 38.5 Å². The maximum Gasteiger partial charge on any atom is 0.105 e. The Hall–Kier alpha value is 0.350. The zero-order valence-corrected chi connectivity index (χ0v) is 11.9. The quantitative estimate of drug-likeness (QED) is 0.587. The van der Waals surface area contributed by atoms with E-state index in [4.69, 9.17) is 9.47 Å². The highest BCUT2D eigenvalue weighted by Gasteiger charge is 2.24. The van der Waals surface area contributed by atoms with Crippen molar-refractivity contribution in [2.24, 2.45) is 0 Å². The van der Waals surface area contributed by atoms with Crippen LogP contribution in [0.3, 0.4) is 0 Å². The molecule has 15 heavy (non-hydrogen) atoms. The van der Waals surface area contributed by atoms with Crippen LogP contribution in [0.1, 0.15) is 11.7 Å². The molecule has 2 nitrogen and oxygen atoms in total. The second kappa shape index (κ2) is 5.61. The summed E-state index contributed by atoms with van der Waals surface area (Å²) in [4.78, 5) is 0. The van der Waals surface area contributed by atoms with Gasteiger partial charge in [0.2, 0.25) is 0 Å². The third kappa shape index (κ3) is 2.93. The summed E-state index contributed by atoms with van der Waals surface area (Å²) in [7, 11) is 0. The van der Waals surface area contributed by atoms with E-state index in [-0.39, 0.29) is 12.2 Å². The lowest BCUT2D eigenvalue weighted by Crippen LogP contribution is -2.37. The third-order valence-corrected chi connectivity index (χ3v) is 3.88. The van der Waals surface area contributed by atoms with Crippen molar-refractivity contribution < 1.29 is 9.47 Å². The summed E-state index contributed by atoms with van der Waals surface area (Å²) in [6.07, 6.45) is 0.437. The summed E-state index contributed by atoms with van der Waals surface area (Å²) in [5.74, 6) is 0. The topological polar surface area (TPSA) is 18.5 Å². The molecule has 0 aromatic heterocycles. The van der Waals surface area contributed by atoms with E-state index in [1.165, 1.54) is 5.56 Å². The van der Waals surface area contributed by atoms with Crippen LogP contribution in [0.5, 0.6) is 0 Å². The van der Waals surface area contributed by atoms with Crippen molar-refractivity contribution in [2.45, 2.75) is 12.2 Å². The monoisotopic (exact) mass is 382 g/mol. The Balaban J connectivity index is 2.07. The molecular weight excluding hydrogens is 371 g/mol. The molecule has 0 spiro atoms. The summed E-state index contributed by atoms with van der Waals surface area (Å²) in [6.45, 7) is 1.47. The standard InChI is InChI=1S/C11H12BrIO2/c12-10-4-2-1-3-9(10)11(5-13)15-8-6-14-7-8/h1-4,8,11H,5-7H2. The maximum atomic E-state index is 5.94. The Kier molecular flexibility index (Phi) is 4.42. The molecular formula is C11H12BrIO2. The number of hydrogen-bond acceptors (Lipinski definition) is 2. The Morgan fingerprint density at radius 2 is 2.20 bits per heavy atom. The van der Waals surface area contributed by atoms with Crippen LogP contribution in [-0.2, 0) is 9.47 Å². The predicted octanol–water partition coefficient (Wildman–Crippen LogP) is 3.34. The Bertz CT molecular complexity index is 328. The molecule has 0 amide bonds. The highest BCUT2D eigenvalue weighted by molar-refractivity contribution is 14.1. The number of ether oxygens (including phenoxy) is 2. The number of halogens is 2. The van der Waals surface area contributed by atoms with Gasteiger partial charge in [0.15, 0.2) is 0 Å². The molecule has 82 valence electrons. The van der Waals surface area contributed by atoms with Gasteiger partial charge in [-0.15, -0.1) is 0 Å². The van der Waals surface area contributed by atoms with Crippen LogP contribution in [0, 0.1) is 0 Å². The first-order chi connectivity index (χ1) is 7.31. The maximum absolute atomic E-state index is 5.94. The van der Waals surface area contributed by atoms with Crippen molar-refractivity contribution in [3.63, 3.8) is 0 Å². The van der Waals surface area contributed by atoms with Gasteiger partial charge in [-0.05, 0) is 11.6 Å². The molecule has 0 saturated carbocycles. The van der Waals surface area contributed by atoms with Gasteiger partial charge in [0.1, 0.15) is 6.10 Å². The minimum Gasteiger partial charge on any atom is -0.376 e. The van der Waals surface area contributed by atoms with Gasteiger partial charge in [0, 0.05) is 8.90 Å². The van der Waals surface area contributed by atoms with Gasteiger partial charge in [-0.3, -0.25) is 0 Å². The van der Waals surface area contributed by atoms with E-state index in [0.717, 1.165) is 22.1 Å². The first kappa shape index (κ1) is 11.8. The fourth-order valence-electron chi connectivity index (χ4n) is 1.45. The van der Waals surface area contributed by atoms with Gasteiger partial charge in [0.25, 0.3) is 0 Å². The third-order valence-electron chi connectivity index (χ3n) is 2.36. The van der Waals surface area contributed by atoms with Gasteiger partial charge in [-0.25, -0.2) is 0 Å². The molecule has 0 bridgehead atoms. The van der Waals surface area contributed by atoms with Gasteiger partial charge in [-0.1, -0.05) is 56.7 Å². The molecule has 2 rings (SSSR count). The van der Waals surface area contributed by atoms with Crippen LogP contribution in [0.25, 0.3) is 0 Å². The number of rotatable bonds is 4. The summed E-state index contributed by atoms with van der Waals surface area (Å²) >= 11 is 5.91. The zero-order valence-electron chi connectivity index (χ0n) is 8.16. The van der Waals surface area contributed by atoms with E-state index in [2.05, 4.69) is 50.7 Å². The van der Waals surface area contributed by atoms with Crippen LogP contribution in [-0.4, -0.2) is 23.7 Å². The first-order valence-electron chi connectivity index (χ1n) is 4.85. The molecule has 1 saturated heterocycles. The van der Waals surface area contributed by atoms with Crippen molar-refractivity contribution in [3.05, 3.63) is 34.3 Å². The van der Waals surface area contributed by atoms with E-state index in [9.17, 15) is 0 Å². The Labute approximate surface area is 112 Å². The molecule has 0 aliphatic carbocycles. The van der Waals surface area contributed by atoms with E-state index in [1.54, 1.807) is 0 Å². The van der Waals surface area contributed by atoms with Gasteiger partial charge >= 0.3 is 0 Å². The molecule has 0 N–H and O–H groups in total. The summed E-state index contributed by atoms with van der Waals surface area (Å²) in [5.41, 5.74) is 1.22. The van der Waals surface area contributed by atoms with Crippen molar-refractivity contribution in [1.82, 2.24) is 0 Å². The van der Waals surface area contributed by atoms with Gasteiger partial charge < -0.3 is 9.47 Å². The zero-order chi connectivity index (χ0) is 10.7. The normalized spacial score (nSPS) is 18.5. The smallest absolute Gasteiger partial charge is 0.105 e. The molecule has 1 unspecified atom stereocenters. The van der Waals surface area contributed by atoms with Crippen molar-refractivity contribution in [2.75, 3.05) is 17.6 Å². The second-order valence-corrected chi connectivity index (χ2v) is 5.20. The SMILES string of the molecule is Brc1ccccc1C(CI)OC1COC1. The lowest BCUT2D eigenvalue weighted by molar-refractivity contribution is -0.150. The van der Waals surface area contributed by atoms with E-state index < -0.39 is 0 Å².